The summed E-state index contributed by atoms with van der Waals surface area (Å²) in [5.41, 5.74) is 1.41. The van der Waals surface area contributed by atoms with Gasteiger partial charge < -0.3 is 25.6 Å². The van der Waals surface area contributed by atoms with Crippen LogP contribution in [0.4, 0.5) is 0 Å². The van der Waals surface area contributed by atoms with E-state index in [0.29, 0.717) is 35.2 Å². The van der Waals surface area contributed by atoms with Crippen LogP contribution in [0.3, 0.4) is 0 Å². The van der Waals surface area contributed by atoms with Crippen LogP contribution in [0.2, 0.25) is 0 Å². The number of carboxylic acid groups (broad SMARTS) is 1. The molecule has 33 heavy (non-hydrogen) atoms. The normalized spacial score (nSPS) is 11.5. The Bertz CT molecular complexity index is 1110. The van der Waals surface area contributed by atoms with Gasteiger partial charge in [0.15, 0.2) is 0 Å². The third-order valence-corrected chi connectivity index (χ3v) is 6.48. The van der Waals surface area contributed by atoms with Crippen molar-refractivity contribution in [2.24, 2.45) is 0 Å². The Kier molecular flexibility index (Phi) is 8.39. The molecule has 11 heteroatoms. The number of phenolic OH excluding ortho intramolecular Hbond substituents is 1. The molecule has 9 nitrogen and oxygen atoms in total. The number of phenols is 1. The second kappa shape index (κ2) is 11.4. The van der Waals surface area contributed by atoms with Gasteiger partial charge in [-0.2, -0.15) is 0 Å². The number of thiophene rings is 1. The number of carboxylic acids is 1. The van der Waals surface area contributed by atoms with Crippen LogP contribution in [0.15, 0.2) is 41.8 Å². The van der Waals surface area contributed by atoms with E-state index in [9.17, 15) is 24.6 Å². The molecule has 0 spiro atoms. The highest BCUT2D eigenvalue weighted by atomic mass is 32.1. The number of benzene rings is 1. The van der Waals surface area contributed by atoms with E-state index in [1.165, 1.54) is 11.3 Å². The molecule has 1 atom stereocenters. The van der Waals surface area contributed by atoms with E-state index in [2.05, 4.69) is 15.6 Å². The number of hydrogen-bond acceptors (Lipinski definition) is 8. The summed E-state index contributed by atoms with van der Waals surface area (Å²) in [7, 11) is 0. The second-order valence-electron chi connectivity index (χ2n) is 7.07. The highest BCUT2D eigenvalue weighted by molar-refractivity contribution is 7.15. The lowest BCUT2D eigenvalue weighted by atomic mass is 10.1. The standard InChI is InChI=1S/C22H23N3O6S2/c1-13-18(33-22(24-13)31-9-3-6-14-5-2-7-15(26)11-14)20(28)25-16(21(29)30)12-23-19(27)17-8-4-10-32-17/h2,4-5,7-8,10-11,16,26H,3,6,9,12H2,1H3,(H,23,27)(H,25,28)(H,29,30)/t16-/m0/s1. The van der Waals surface area contributed by atoms with E-state index in [1.807, 2.05) is 6.07 Å². The molecular weight excluding hydrogens is 466 g/mol. The Balaban J connectivity index is 1.51. The van der Waals surface area contributed by atoms with Crippen molar-refractivity contribution in [1.29, 1.82) is 0 Å². The van der Waals surface area contributed by atoms with Crippen LogP contribution in [-0.2, 0) is 11.2 Å². The Hall–Kier alpha value is -3.44. The molecule has 0 unspecified atom stereocenters. The van der Waals surface area contributed by atoms with Gasteiger partial charge in [-0.15, -0.1) is 11.3 Å². The molecule has 4 N–H and O–H groups in total. The average Bonchev–Trinajstić information content (AvgIpc) is 3.44. The Morgan fingerprint density at radius 2 is 2.00 bits per heavy atom. The van der Waals surface area contributed by atoms with E-state index in [0.717, 1.165) is 16.9 Å². The lowest BCUT2D eigenvalue weighted by Crippen LogP contribution is -2.48. The maximum atomic E-state index is 12.6. The summed E-state index contributed by atoms with van der Waals surface area (Å²) in [6.07, 6.45) is 1.40. The number of thiazole rings is 1. The monoisotopic (exact) mass is 489 g/mol. The molecule has 1 aromatic carbocycles. The lowest BCUT2D eigenvalue weighted by molar-refractivity contribution is -0.139. The number of aliphatic carboxylic acids is 1. The first kappa shape index (κ1) is 24.2. The minimum absolute atomic E-state index is 0.213. The molecule has 3 aromatic rings. The average molecular weight is 490 g/mol. The predicted molar refractivity (Wildman–Crippen MR) is 124 cm³/mol. The summed E-state index contributed by atoms with van der Waals surface area (Å²) in [5.74, 6) is -2.05. The summed E-state index contributed by atoms with van der Waals surface area (Å²) >= 11 is 2.26. The van der Waals surface area contributed by atoms with Crippen molar-refractivity contribution >= 4 is 40.5 Å². The number of carbonyl (C=O) groups is 3. The molecule has 0 aliphatic carbocycles. The van der Waals surface area contributed by atoms with E-state index in [-0.39, 0.29) is 17.2 Å². The van der Waals surface area contributed by atoms with Crippen molar-refractivity contribution in [3.8, 4) is 10.9 Å². The van der Waals surface area contributed by atoms with E-state index in [1.54, 1.807) is 42.6 Å². The Labute approximate surface area is 198 Å². The highest BCUT2D eigenvalue weighted by Crippen LogP contribution is 2.25. The molecule has 0 bridgehead atoms. The fourth-order valence-electron chi connectivity index (χ4n) is 2.91. The van der Waals surface area contributed by atoms with Crippen molar-refractivity contribution < 1.29 is 29.3 Å². The van der Waals surface area contributed by atoms with Crippen LogP contribution in [0.1, 0.15) is 37.0 Å². The van der Waals surface area contributed by atoms with Gasteiger partial charge in [-0.25, -0.2) is 9.78 Å². The summed E-state index contributed by atoms with van der Waals surface area (Å²) in [6.45, 7) is 1.75. The van der Waals surface area contributed by atoms with Crippen LogP contribution >= 0.6 is 22.7 Å². The first-order chi connectivity index (χ1) is 15.8. The predicted octanol–water partition coefficient (Wildman–Crippen LogP) is 2.84. The highest BCUT2D eigenvalue weighted by Gasteiger charge is 2.24. The van der Waals surface area contributed by atoms with Gasteiger partial charge in [0.1, 0.15) is 16.7 Å². The molecule has 2 heterocycles. The third kappa shape index (κ3) is 7.02. The Morgan fingerprint density at radius 1 is 1.18 bits per heavy atom. The lowest BCUT2D eigenvalue weighted by Gasteiger charge is -2.14. The van der Waals surface area contributed by atoms with Gasteiger partial charge in [-0.1, -0.05) is 29.5 Å². The summed E-state index contributed by atoms with van der Waals surface area (Å²) in [4.78, 5) is 41.1. The molecule has 0 fully saturated rings. The van der Waals surface area contributed by atoms with Crippen molar-refractivity contribution in [1.82, 2.24) is 15.6 Å². The number of ether oxygens (including phenoxy) is 1. The number of aromatic nitrogens is 1. The van der Waals surface area contributed by atoms with Crippen LogP contribution < -0.4 is 15.4 Å². The summed E-state index contributed by atoms with van der Waals surface area (Å²) in [6, 6.07) is 9.04. The quantitative estimate of drug-likeness (QED) is 0.304. The number of amides is 2. The minimum Gasteiger partial charge on any atom is -0.508 e. The van der Waals surface area contributed by atoms with Crippen molar-refractivity contribution in [3.63, 3.8) is 0 Å². The van der Waals surface area contributed by atoms with Gasteiger partial charge in [0, 0.05) is 6.54 Å². The molecule has 0 saturated heterocycles. The van der Waals surface area contributed by atoms with E-state index >= 15 is 0 Å². The van der Waals surface area contributed by atoms with Crippen molar-refractivity contribution in [3.05, 3.63) is 62.8 Å². The van der Waals surface area contributed by atoms with Gasteiger partial charge >= 0.3 is 5.97 Å². The van der Waals surface area contributed by atoms with Gasteiger partial charge in [0.25, 0.3) is 17.0 Å². The summed E-state index contributed by atoms with van der Waals surface area (Å²) < 4.78 is 5.64. The van der Waals surface area contributed by atoms with Gasteiger partial charge in [-0.3, -0.25) is 9.59 Å². The van der Waals surface area contributed by atoms with Gasteiger partial charge in [-0.05, 0) is 48.9 Å². The number of rotatable bonds is 11. The smallest absolute Gasteiger partial charge is 0.328 e. The molecule has 0 aliphatic heterocycles. The Morgan fingerprint density at radius 3 is 2.70 bits per heavy atom. The maximum Gasteiger partial charge on any atom is 0.328 e. The summed E-state index contributed by atoms with van der Waals surface area (Å²) in [5, 5.41) is 25.9. The largest absolute Gasteiger partial charge is 0.508 e. The van der Waals surface area contributed by atoms with Crippen LogP contribution in [-0.4, -0.2) is 52.2 Å². The number of nitrogens with zero attached hydrogens (tertiary/aromatic N) is 1. The van der Waals surface area contributed by atoms with E-state index < -0.39 is 23.8 Å². The first-order valence-electron chi connectivity index (χ1n) is 10.1. The van der Waals surface area contributed by atoms with Crippen LogP contribution in [0.25, 0.3) is 0 Å². The number of hydrogen-bond donors (Lipinski definition) is 4. The van der Waals surface area contributed by atoms with E-state index in [4.69, 9.17) is 4.74 Å². The molecule has 2 amide bonds. The third-order valence-electron chi connectivity index (χ3n) is 4.54. The van der Waals surface area contributed by atoms with Gasteiger partial charge in [0.2, 0.25) is 0 Å². The van der Waals surface area contributed by atoms with Crippen LogP contribution in [0.5, 0.6) is 10.9 Å². The fourth-order valence-corrected chi connectivity index (χ4v) is 4.39. The topological polar surface area (TPSA) is 138 Å². The molecule has 0 aliphatic rings. The molecule has 3 rings (SSSR count). The SMILES string of the molecule is Cc1nc(OCCCc2cccc(O)c2)sc1C(=O)N[C@@H](CNC(=O)c1cccs1)C(=O)O. The van der Waals surface area contributed by atoms with Gasteiger partial charge in [0.05, 0.1) is 17.2 Å². The van der Waals surface area contributed by atoms with Crippen LogP contribution in [0, 0.1) is 6.92 Å². The van der Waals surface area contributed by atoms with Crippen molar-refractivity contribution in [2.75, 3.05) is 13.2 Å². The zero-order valence-corrected chi connectivity index (χ0v) is 19.4. The number of carbonyl (C=O) groups excluding carboxylic acids is 2. The number of aryl methyl sites for hydroxylation is 2. The minimum atomic E-state index is -1.30. The number of nitrogens with one attached hydrogen (secondary N) is 2. The molecule has 0 saturated carbocycles. The zero-order valence-electron chi connectivity index (χ0n) is 17.7. The molecule has 174 valence electrons. The molecular formula is C22H23N3O6S2. The number of aromatic hydroxyl groups is 1. The van der Waals surface area contributed by atoms with Crippen molar-refractivity contribution in [2.45, 2.75) is 25.8 Å². The fraction of sp³-hybridized carbons (Fsp3) is 0.273. The molecule has 2 aromatic heterocycles. The second-order valence-corrected chi connectivity index (χ2v) is 8.98. The first-order valence-corrected chi connectivity index (χ1v) is 11.8. The maximum absolute atomic E-state index is 12.6. The zero-order chi connectivity index (χ0) is 23.8. The molecule has 0 radical (unpaired) electrons.